The molecule has 0 amide bonds. The summed E-state index contributed by atoms with van der Waals surface area (Å²) in [7, 11) is -0.701. The predicted octanol–water partition coefficient (Wildman–Crippen LogP) is 6.26. The Balaban J connectivity index is 1.66. The number of hydrogen-bond acceptors (Lipinski definition) is 5. The van der Waals surface area contributed by atoms with Gasteiger partial charge < -0.3 is 4.90 Å². The number of thiophene rings is 1. The van der Waals surface area contributed by atoms with Gasteiger partial charge in [-0.3, -0.25) is 0 Å². The van der Waals surface area contributed by atoms with Gasteiger partial charge in [-0.25, -0.2) is 4.57 Å². The molecule has 0 spiro atoms. The highest BCUT2D eigenvalue weighted by Gasteiger charge is 2.45. The van der Waals surface area contributed by atoms with Crippen molar-refractivity contribution in [2.45, 2.75) is 30.0 Å². The molecule has 1 aliphatic rings. The van der Waals surface area contributed by atoms with Crippen LogP contribution < -0.4 is 9.47 Å². The van der Waals surface area contributed by atoms with Crippen molar-refractivity contribution in [1.82, 2.24) is 5.01 Å². The molecule has 7 nitrogen and oxygen atoms in total. The molecule has 2 atom stereocenters. The van der Waals surface area contributed by atoms with E-state index in [-0.39, 0.29) is 22.8 Å². The minimum absolute atomic E-state index is 0.0294. The average molecular weight is 633 g/mol. The fraction of sp³-hybridized carbons (Fsp3) is 0.207. The molecule has 0 saturated heterocycles. The Bertz CT molecular complexity index is 1720. The van der Waals surface area contributed by atoms with Gasteiger partial charge in [0, 0.05) is 34.1 Å². The summed E-state index contributed by atoms with van der Waals surface area (Å²) in [5, 5.41) is 8.98. The van der Waals surface area contributed by atoms with Crippen LogP contribution in [0.25, 0.3) is 0 Å². The summed E-state index contributed by atoms with van der Waals surface area (Å²) in [5.41, 5.74) is 1.42. The number of benzene rings is 2. The maximum Gasteiger partial charge on any atom is 0.435 e. The number of anilines is 1. The summed E-state index contributed by atoms with van der Waals surface area (Å²) in [6.45, 7) is 1.92. The molecular formula is C29H26ClF3N5O2S2+. The standard InChI is InChI=1S/C29H26ClF3N5O2S2/c1-19-26(25-5-4-18-41-25)27(20-6-10-22(30)11-7-20)34-38(19)28(37-16-14-23(15-17-37)36(2)3)35-42(39,40)24-12-8-21(9-13-24)29(31,32)33/h4-19,26H,1-3H3/q+1. The zero-order chi connectivity index (χ0) is 30.2. The first-order valence-electron chi connectivity index (χ1n) is 12.7. The summed E-state index contributed by atoms with van der Waals surface area (Å²) < 4.78 is 72.1. The molecule has 0 N–H and O–H groups in total. The van der Waals surface area contributed by atoms with E-state index >= 15 is 0 Å². The third-order valence-corrected chi connectivity index (χ3v) is 9.29. The minimum atomic E-state index is -4.60. The number of hydrogen-bond donors (Lipinski definition) is 0. The van der Waals surface area contributed by atoms with E-state index in [9.17, 15) is 21.6 Å². The molecule has 0 aliphatic carbocycles. The van der Waals surface area contributed by atoms with Gasteiger partial charge in [0.15, 0.2) is 0 Å². The lowest BCUT2D eigenvalue weighted by atomic mass is 9.90. The van der Waals surface area contributed by atoms with Crippen LogP contribution in [0, 0.1) is 0 Å². The largest absolute Gasteiger partial charge is 0.435 e. The van der Waals surface area contributed by atoms with Crippen molar-refractivity contribution < 1.29 is 26.2 Å². The summed E-state index contributed by atoms with van der Waals surface area (Å²) in [4.78, 5) is 2.54. The zero-order valence-corrected chi connectivity index (χ0v) is 25.1. The second-order valence-corrected chi connectivity index (χ2v) is 12.8. The highest BCUT2D eigenvalue weighted by atomic mass is 35.5. The van der Waals surface area contributed by atoms with E-state index in [2.05, 4.69) is 4.40 Å². The van der Waals surface area contributed by atoms with Gasteiger partial charge in [-0.2, -0.15) is 21.6 Å². The van der Waals surface area contributed by atoms with Gasteiger partial charge in [-0.15, -0.1) is 21.4 Å². The zero-order valence-electron chi connectivity index (χ0n) is 22.7. The first-order valence-corrected chi connectivity index (χ1v) is 15.4. The lowest BCUT2D eigenvalue weighted by Crippen LogP contribution is -2.53. The quantitative estimate of drug-likeness (QED) is 0.148. The lowest BCUT2D eigenvalue weighted by Gasteiger charge is -2.20. The molecule has 0 bridgehead atoms. The SMILES string of the molecule is CC1C(c2cccs2)C(c2ccc(Cl)cc2)=NN1C(=NS(=O)(=O)c1ccc(C(F)(F)F)cc1)[n+]1ccc(N(C)C)cc1. The molecule has 0 fully saturated rings. The Morgan fingerprint density at radius 3 is 2.21 bits per heavy atom. The Hall–Kier alpha value is -3.74. The van der Waals surface area contributed by atoms with Crippen molar-refractivity contribution in [3.63, 3.8) is 0 Å². The molecule has 0 radical (unpaired) electrons. The van der Waals surface area contributed by atoms with E-state index in [4.69, 9.17) is 16.7 Å². The van der Waals surface area contributed by atoms with Crippen LogP contribution in [0.5, 0.6) is 0 Å². The number of rotatable bonds is 5. The van der Waals surface area contributed by atoms with Crippen LogP contribution in [0.4, 0.5) is 18.9 Å². The molecule has 2 aromatic heterocycles. The number of nitrogens with zero attached hydrogens (tertiary/aromatic N) is 5. The summed E-state index contributed by atoms with van der Waals surface area (Å²) >= 11 is 7.70. The summed E-state index contributed by atoms with van der Waals surface area (Å²) in [5.74, 6) is -0.259. The number of hydrazone groups is 1. The molecular weight excluding hydrogens is 607 g/mol. The van der Waals surface area contributed by atoms with Crippen LogP contribution in [0.15, 0.2) is 105 Å². The van der Waals surface area contributed by atoms with Gasteiger partial charge >= 0.3 is 22.2 Å². The third kappa shape index (κ3) is 6.06. The molecule has 2 aromatic carbocycles. The van der Waals surface area contributed by atoms with Crippen LogP contribution in [-0.2, 0) is 16.2 Å². The smallest absolute Gasteiger partial charge is 0.377 e. The number of halogens is 4. The average Bonchev–Trinajstić information content (AvgIpc) is 3.60. The fourth-order valence-electron chi connectivity index (χ4n) is 4.60. The topological polar surface area (TPSA) is 69.2 Å². The lowest BCUT2D eigenvalue weighted by molar-refractivity contribution is -0.565. The Kier molecular flexibility index (Phi) is 8.15. The van der Waals surface area contributed by atoms with Crippen LogP contribution in [-0.4, -0.2) is 45.2 Å². The van der Waals surface area contributed by atoms with Crippen molar-refractivity contribution in [3.05, 3.63) is 112 Å². The van der Waals surface area contributed by atoms with E-state index in [0.29, 0.717) is 10.7 Å². The minimum Gasteiger partial charge on any atom is -0.377 e. The molecule has 2 unspecified atom stereocenters. The number of pyridine rings is 1. The molecule has 42 heavy (non-hydrogen) atoms. The highest BCUT2D eigenvalue weighted by molar-refractivity contribution is 7.90. The van der Waals surface area contributed by atoms with Gasteiger partial charge in [0.25, 0.3) is 0 Å². The number of aromatic nitrogens is 1. The fourth-order valence-corrected chi connectivity index (χ4v) is 6.63. The molecule has 1 aliphatic heterocycles. The predicted molar refractivity (Wildman–Crippen MR) is 159 cm³/mol. The van der Waals surface area contributed by atoms with E-state index in [1.165, 1.54) is 4.57 Å². The maximum absolute atomic E-state index is 13.5. The number of sulfonamides is 1. The molecule has 218 valence electrons. The van der Waals surface area contributed by atoms with Gasteiger partial charge in [0.2, 0.25) is 0 Å². The second kappa shape index (κ2) is 11.5. The van der Waals surface area contributed by atoms with Gasteiger partial charge in [-0.1, -0.05) is 29.8 Å². The Morgan fingerprint density at radius 2 is 1.67 bits per heavy atom. The van der Waals surface area contributed by atoms with E-state index in [1.807, 2.05) is 55.6 Å². The molecule has 4 aromatic rings. The van der Waals surface area contributed by atoms with Crippen molar-refractivity contribution in [2.24, 2.45) is 9.50 Å². The van der Waals surface area contributed by atoms with Crippen LogP contribution in [0.2, 0.25) is 5.02 Å². The molecule has 3 heterocycles. The first kappa shape index (κ1) is 29.7. The van der Waals surface area contributed by atoms with Crippen LogP contribution >= 0.6 is 22.9 Å². The van der Waals surface area contributed by atoms with Gasteiger partial charge in [-0.05, 0) is 72.5 Å². The van der Waals surface area contributed by atoms with E-state index in [0.717, 1.165) is 40.4 Å². The van der Waals surface area contributed by atoms with Crippen LogP contribution in [0.3, 0.4) is 0 Å². The summed E-state index contributed by atoms with van der Waals surface area (Å²) in [6, 6.07) is 17.6. The van der Waals surface area contributed by atoms with Crippen molar-refractivity contribution in [1.29, 1.82) is 0 Å². The van der Waals surface area contributed by atoms with Crippen molar-refractivity contribution in [2.75, 3.05) is 19.0 Å². The van der Waals surface area contributed by atoms with Crippen molar-refractivity contribution >= 4 is 50.3 Å². The maximum atomic E-state index is 13.5. The monoisotopic (exact) mass is 632 g/mol. The second-order valence-electron chi connectivity index (χ2n) is 9.82. The van der Waals surface area contributed by atoms with Gasteiger partial charge in [0.1, 0.15) is 10.9 Å². The summed E-state index contributed by atoms with van der Waals surface area (Å²) in [6.07, 6.45) is -1.27. The van der Waals surface area contributed by atoms with E-state index < -0.39 is 21.8 Å². The van der Waals surface area contributed by atoms with Gasteiger partial charge in [0.05, 0.1) is 29.6 Å². The highest BCUT2D eigenvalue weighted by Crippen LogP contribution is 2.37. The molecule has 5 rings (SSSR count). The van der Waals surface area contributed by atoms with Crippen molar-refractivity contribution in [3.8, 4) is 0 Å². The Morgan fingerprint density at radius 1 is 1.02 bits per heavy atom. The third-order valence-electron chi connectivity index (χ3n) is 6.81. The van der Waals surface area contributed by atoms with E-state index in [1.54, 1.807) is 53.0 Å². The Labute approximate surface area is 250 Å². The normalized spacial score (nSPS) is 17.8. The number of alkyl halides is 3. The molecule has 13 heteroatoms. The first-order chi connectivity index (χ1) is 19.8. The molecule has 0 saturated carbocycles. The van der Waals surface area contributed by atoms with Crippen LogP contribution in [0.1, 0.15) is 28.8 Å².